The van der Waals surface area contributed by atoms with Crippen LogP contribution >= 0.6 is 0 Å². The van der Waals surface area contributed by atoms with Gasteiger partial charge in [-0.1, -0.05) is 13.3 Å². The molecule has 0 aliphatic rings. The second-order valence-electron chi connectivity index (χ2n) is 6.13. The molecule has 0 saturated heterocycles. The van der Waals surface area contributed by atoms with E-state index in [1.165, 1.54) is 0 Å². The van der Waals surface area contributed by atoms with Gasteiger partial charge in [0.2, 0.25) is 0 Å². The minimum atomic E-state index is -4.13. The van der Waals surface area contributed by atoms with Crippen LogP contribution in [0, 0.1) is 0 Å². The summed E-state index contributed by atoms with van der Waals surface area (Å²) in [5.41, 5.74) is 1.82. The average molecular weight is 401 g/mol. The summed E-state index contributed by atoms with van der Waals surface area (Å²) in [6.07, 6.45) is 3.22. The van der Waals surface area contributed by atoms with Crippen LogP contribution in [0.5, 0.6) is 0 Å². The molecule has 0 fully saturated rings. The number of nitrogens with one attached hydrogen (secondary N) is 2. The summed E-state index contributed by atoms with van der Waals surface area (Å²) in [6.45, 7) is 2.94. The summed E-state index contributed by atoms with van der Waals surface area (Å²) < 4.78 is 30.1. The number of unbranched alkanes of at least 4 members (excludes halogenated alkanes) is 2. The Balaban J connectivity index is 2.52. The summed E-state index contributed by atoms with van der Waals surface area (Å²) in [5, 5.41) is 14.2. The SMILES string of the molecule is CCc1cc(CNCCCCCC(=O)O)nc(C(=O)NCCS(=O)(=O)O)c1. The molecule has 27 heavy (non-hydrogen) atoms. The van der Waals surface area contributed by atoms with Gasteiger partial charge in [0.15, 0.2) is 0 Å². The van der Waals surface area contributed by atoms with Gasteiger partial charge in [0.25, 0.3) is 16.0 Å². The van der Waals surface area contributed by atoms with E-state index in [2.05, 4.69) is 15.6 Å². The van der Waals surface area contributed by atoms with Crippen molar-refractivity contribution in [2.24, 2.45) is 0 Å². The van der Waals surface area contributed by atoms with Crippen molar-refractivity contribution in [1.82, 2.24) is 15.6 Å². The van der Waals surface area contributed by atoms with E-state index in [9.17, 15) is 18.0 Å². The number of carboxylic acids is 1. The van der Waals surface area contributed by atoms with Gasteiger partial charge in [-0.3, -0.25) is 14.1 Å². The Hall–Kier alpha value is -2.04. The number of aromatic nitrogens is 1. The Morgan fingerprint density at radius 3 is 2.52 bits per heavy atom. The molecule has 9 nitrogen and oxygen atoms in total. The maximum atomic E-state index is 12.1. The van der Waals surface area contributed by atoms with Crippen molar-refractivity contribution >= 4 is 22.0 Å². The largest absolute Gasteiger partial charge is 0.481 e. The van der Waals surface area contributed by atoms with Gasteiger partial charge >= 0.3 is 5.97 Å². The van der Waals surface area contributed by atoms with Gasteiger partial charge in [0.1, 0.15) is 5.69 Å². The molecule has 0 aromatic carbocycles. The third-order valence-electron chi connectivity index (χ3n) is 3.77. The zero-order valence-electron chi connectivity index (χ0n) is 15.4. The third kappa shape index (κ3) is 10.6. The van der Waals surface area contributed by atoms with Gasteiger partial charge < -0.3 is 15.7 Å². The lowest BCUT2D eigenvalue weighted by atomic mass is 10.1. The highest BCUT2D eigenvalue weighted by atomic mass is 32.2. The predicted molar refractivity (Wildman–Crippen MR) is 100 cm³/mol. The lowest BCUT2D eigenvalue weighted by Crippen LogP contribution is -2.30. The van der Waals surface area contributed by atoms with Crippen LogP contribution < -0.4 is 10.6 Å². The van der Waals surface area contributed by atoms with E-state index in [1.54, 1.807) is 6.07 Å². The summed E-state index contributed by atoms with van der Waals surface area (Å²) in [4.78, 5) is 26.9. The number of hydrogen-bond acceptors (Lipinski definition) is 6. The van der Waals surface area contributed by atoms with Crippen LogP contribution in [0.3, 0.4) is 0 Å². The van der Waals surface area contributed by atoms with Crippen molar-refractivity contribution in [3.8, 4) is 0 Å². The van der Waals surface area contributed by atoms with Gasteiger partial charge in [0.05, 0.1) is 11.4 Å². The maximum absolute atomic E-state index is 12.1. The van der Waals surface area contributed by atoms with Crippen molar-refractivity contribution in [1.29, 1.82) is 0 Å². The first kappa shape index (κ1) is 23.0. The van der Waals surface area contributed by atoms with Gasteiger partial charge in [-0.15, -0.1) is 0 Å². The molecule has 0 spiro atoms. The summed E-state index contributed by atoms with van der Waals surface area (Å²) in [7, 11) is -4.13. The van der Waals surface area contributed by atoms with E-state index in [0.29, 0.717) is 25.2 Å². The fourth-order valence-corrected chi connectivity index (χ4v) is 2.73. The van der Waals surface area contributed by atoms with Crippen LogP contribution in [-0.2, 0) is 27.9 Å². The van der Waals surface area contributed by atoms with Crippen molar-refractivity contribution in [2.75, 3.05) is 18.8 Å². The van der Waals surface area contributed by atoms with Crippen LogP contribution in [-0.4, -0.2) is 53.8 Å². The Bertz CT molecular complexity index is 736. The highest BCUT2D eigenvalue weighted by Gasteiger charge is 2.12. The van der Waals surface area contributed by atoms with Gasteiger partial charge in [-0.2, -0.15) is 8.42 Å². The number of rotatable bonds is 13. The Morgan fingerprint density at radius 1 is 1.15 bits per heavy atom. The van der Waals surface area contributed by atoms with Crippen LogP contribution in [0.15, 0.2) is 12.1 Å². The first-order valence-electron chi connectivity index (χ1n) is 8.87. The third-order valence-corrected chi connectivity index (χ3v) is 4.49. The normalized spacial score (nSPS) is 11.3. The van der Waals surface area contributed by atoms with Gasteiger partial charge in [-0.05, 0) is 43.5 Å². The monoisotopic (exact) mass is 401 g/mol. The Morgan fingerprint density at radius 2 is 1.89 bits per heavy atom. The highest BCUT2D eigenvalue weighted by molar-refractivity contribution is 7.85. The molecule has 1 heterocycles. The van der Waals surface area contributed by atoms with Crippen LogP contribution in [0.1, 0.15) is 54.4 Å². The first-order valence-corrected chi connectivity index (χ1v) is 10.5. The van der Waals surface area contributed by atoms with Crippen molar-refractivity contribution < 1.29 is 27.7 Å². The van der Waals surface area contributed by atoms with Gasteiger partial charge in [-0.25, -0.2) is 4.98 Å². The minimum absolute atomic E-state index is 0.177. The van der Waals surface area contributed by atoms with Gasteiger partial charge in [0, 0.05) is 19.5 Å². The molecule has 0 bridgehead atoms. The topological polar surface area (TPSA) is 146 Å². The van der Waals surface area contributed by atoms with Crippen molar-refractivity contribution in [3.63, 3.8) is 0 Å². The quantitative estimate of drug-likeness (QED) is 0.283. The molecule has 1 amide bonds. The standard InChI is InChI=1S/C17H27N3O6S/c1-2-13-10-14(12-18-7-5-3-4-6-16(21)22)20-15(11-13)17(23)19-8-9-27(24,25)26/h10-11,18H,2-9,12H2,1H3,(H,19,23)(H,21,22)(H,24,25,26). The lowest BCUT2D eigenvalue weighted by molar-refractivity contribution is -0.137. The van der Waals surface area contributed by atoms with Crippen molar-refractivity contribution in [3.05, 3.63) is 29.1 Å². The number of carbonyl (C=O) groups is 2. The number of aliphatic carboxylic acids is 1. The number of hydrogen-bond donors (Lipinski definition) is 4. The second kappa shape index (κ2) is 11.6. The molecule has 152 valence electrons. The average Bonchev–Trinajstić information content (AvgIpc) is 2.59. The molecule has 0 atom stereocenters. The van der Waals surface area contributed by atoms with E-state index in [0.717, 1.165) is 24.8 Å². The van der Waals surface area contributed by atoms with Crippen LogP contribution in [0.4, 0.5) is 0 Å². The molecule has 0 aliphatic heterocycles. The molecular weight excluding hydrogens is 374 g/mol. The number of carboxylic acid groups (broad SMARTS) is 1. The fourth-order valence-electron chi connectivity index (χ4n) is 2.37. The molecule has 0 saturated carbocycles. The summed E-state index contributed by atoms with van der Waals surface area (Å²) in [5.74, 6) is -1.84. The van der Waals surface area contributed by atoms with Crippen molar-refractivity contribution in [2.45, 2.75) is 45.6 Å². The van der Waals surface area contributed by atoms with E-state index in [1.807, 2.05) is 13.0 Å². The predicted octanol–water partition coefficient (Wildman–Crippen LogP) is 0.996. The van der Waals surface area contributed by atoms with E-state index in [4.69, 9.17) is 9.66 Å². The minimum Gasteiger partial charge on any atom is -0.481 e. The number of carbonyl (C=O) groups excluding carboxylic acids is 1. The molecule has 1 aromatic rings. The molecule has 1 rings (SSSR count). The number of amides is 1. The van der Waals surface area contributed by atoms with E-state index < -0.39 is 27.7 Å². The summed E-state index contributed by atoms with van der Waals surface area (Å²) in [6, 6.07) is 3.55. The number of pyridine rings is 1. The smallest absolute Gasteiger partial charge is 0.303 e. The zero-order chi connectivity index (χ0) is 20.3. The second-order valence-corrected chi connectivity index (χ2v) is 7.70. The fraction of sp³-hybridized carbons (Fsp3) is 0.588. The molecular formula is C17H27N3O6S. The molecule has 10 heteroatoms. The molecule has 0 aliphatic carbocycles. The Kier molecular flexibility index (Phi) is 9.90. The highest BCUT2D eigenvalue weighted by Crippen LogP contribution is 2.08. The summed E-state index contributed by atoms with van der Waals surface area (Å²) >= 11 is 0. The Labute approximate surface area is 159 Å². The van der Waals surface area contributed by atoms with E-state index >= 15 is 0 Å². The maximum Gasteiger partial charge on any atom is 0.303 e. The first-order chi connectivity index (χ1) is 12.7. The lowest BCUT2D eigenvalue weighted by Gasteiger charge is -2.09. The van der Waals surface area contributed by atoms with E-state index in [-0.39, 0.29) is 18.7 Å². The zero-order valence-corrected chi connectivity index (χ0v) is 16.2. The molecule has 0 radical (unpaired) electrons. The number of aryl methyl sites for hydroxylation is 1. The van der Waals surface area contributed by atoms with Crippen LogP contribution in [0.2, 0.25) is 0 Å². The van der Waals surface area contributed by atoms with Crippen LogP contribution in [0.25, 0.3) is 0 Å². The molecule has 4 N–H and O–H groups in total. The molecule has 0 unspecified atom stereocenters. The number of nitrogens with zero attached hydrogens (tertiary/aromatic N) is 1. The molecule has 1 aromatic heterocycles.